The highest BCUT2D eigenvalue weighted by atomic mass is 19.1. The van der Waals surface area contributed by atoms with Gasteiger partial charge >= 0.3 is 0 Å². The summed E-state index contributed by atoms with van der Waals surface area (Å²) in [7, 11) is 0. The van der Waals surface area contributed by atoms with Gasteiger partial charge in [-0.2, -0.15) is 5.10 Å². The second-order valence-electron chi connectivity index (χ2n) is 7.02. The van der Waals surface area contributed by atoms with Gasteiger partial charge in [0.2, 0.25) is 11.3 Å². The van der Waals surface area contributed by atoms with Gasteiger partial charge in [0.1, 0.15) is 11.5 Å². The van der Waals surface area contributed by atoms with Gasteiger partial charge in [0.05, 0.1) is 6.54 Å². The molecule has 2 aromatic rings. The molecule has 0 saturated carbocycles. The Balaban J connectivity index is 1.73. The lowest BCUT2D eigenvalue weighted by atomic mass is 10.2. The van der Waals surface area contributed by atoms with E-state index >= 15 is 0 Å². The van der Waals surface area contributed by atoms with Crippen molar-refractivity contribution < 1.29 is 14.0 Å². The zero-order valence-corrected chi connectivity index (χ0v) is 16.8. The van der Waals surface area contributed by atoms with E-state index in [1.165, 1.54) is 27.8 Å². The van der Waals surface area contributed by atoms with Gasteiger partial charge in [-0.25, -0.2) is 9.07 Å². The smallest absolute Gasteiger partial charge is 0.278 e. The van der Waals surface area contributed by atoms with Crippen molar-refractivity contribution in [1.29, 1.82) is 0 Å². The Kier molecular flexibility index (Phi) is 6.73. The van der Waals surface area contributed by atoms with E-state index in [-0.39, 0.29) is 23.8 Å². The van der Waals surface area contributed by atoms with Crippen LogP contribution in [0.15, 0.2) is 47.8 Å². The van der Waals surface area contributed by atoms with Gasteiger partial charge in [-0.1, -0.05) is 18.2 Å². The van der Waals surface area contributed by atoms with E-state index < -0.39 is 17.2 Å². The van der Waals surface area contributed by atoms with E-state index in [4.69, 9.17) is 0 Å². The average molecular weight is 413 g/mol. The van der Waals surface area contributed by atoms with Crippen molar-refractivity contribution >= 4 is 11.8 Å². The Morgan fingerprint density at radius 2 is 1.93 bits per heavy atom. The SMILES string of the molecule is C=CCNC(=O)CN1CCN(C(=O)c2nn(-c3ccccc3F)c(C)cc2=O)CC1. The van der Waals surface area contributed by atoms with Crippen molar-refractivity contribution in [3.05, 3.63) is 70.4 Å². The van der Waals surface area contributed by atoms with E-state index in [0.29, 0.717) is 38.4 Å². The molecule has 1 saturated heterocycles. The van der Waals surface area contributed by atoms with Gasteiger partial charge in [0.25, 0.3) is 5.91 Å². The lowest BCUT2D eigenvalue weighted by molar-refractivity contribution is -0.122. The molecule has 1 aromatic heterocycles. The fourth-order valence-corrected chi connectivity index (χ4v) is 3.27. The van der Waals surface area contributed by atoms with Crippen molar-refractivity contribution in [2.75, 3.05) is 39.3 Å². The molecule has 9 heteroatoms. The van der Waals surface area contributed by atoms with Crippen LogP contribution in [0.4, 0.5) is 4.39 Å². The Hall–Kier alpha value is -3.33. The zero-order chi connectivity index (χ0) is 21.7. The molecule has 0 unspecified atom stereocenters. The molecule has 1 aliphatic heterocycles. The monoisotopic (exact) mass is 413 g/mol. The summed E-state index contributed by atoms with van der Waals surface area (Å²) < 4.78 is 15.5. The number of hydrogen-bond acceptors (Lipinski definition) is 5. The number of hydrogen-bond donors (Lipinski definition) is 1. The Morgan fingerprint density at radius 3 is 2.60 bits per heavy atom. The van der Waals surface area contributed by atoms with Crippen LogP contribution in [0.1, 0.15) is 16.2 Å². The van der Waals surface area contributed by atoms with Crippen molar-refractivity contribution in [2.24, 2.45) is 0 Å². The van der Waals surface area contributed by atoms with E-state index in [2.05, 4.69) is 17.0 Å². The number of piperazine rings is 1. The first-order chi connectivity index (χ1) is 14.4. The summed E-state index contributed by atoms with van der Waals surface area (Å²) in [5, 5.41) is 6.88. The number of aryl methyl sites for hydroxylation is 1. The molecule has 3 rings (SSSR count). The van der Waals surface area contributed by atoms with Crippen LogP contribution in [-0.2, 0) is 4.79 Å². The highest BCUT2D eigenvalue weighted by molar-refractivity contribution is 5.92. The van der Waals surface area contributed by atoms with Crippen molar-refractivity contribution in [3.8, 4) is 5.69 Å². The number of nitrogens with zero attached hydrogens (tertiary/aromatic N) is 4. The fourth-order valence-electron chi connectivity index (χ4n) is 3.27. The standard InChI is InChI=1S/C21H24FN5O3/c1-3-8-23-19(29)14-25-9-11-26(12-10-25)21(30)20-18(28)13-15(2)27(24-20)17-7-5-4-6-16(17)22/h3-7,13H,1,8-12,14H2,2H3,(H,23,29). The Morgan fingerprint density at radius 1 is 1.23 bits per heavy atom. The summed E-state index contributed by atoms with van der Waals surface area (Å²) in [6, 6.07) is 7.32. The number of rotatable bonds is 6. The number of aromatic nitrogens is 2. The molecule has 1 aromatic carbocycles. The third kappa shape index (κ3) is 4.80. The molecule has 0 atom stereocenters. The van der Waals surface area contributed by atoms with E-state index in [1.54, 1.807) is 25.1 Å². The van der Waals surface area contributed by atoms with Crippen LogP contribution in [0.5, 0.6) is 0 Å². The van der Waals surface area contributed by atoms with Gasteiger partial charge in [-0.15, -0.1) is 6.58 Å². The minimum Gasteiger partial charge on any atom is -0.352 e. The molecule has 0 spiro atoms. The average Bonchev–Trinajstić information content (AvgIpc) is 2.73. The number of carbonyl (C=O) groups is 2. The summed E-state index contributed by atoms with van der Waals surface area (Å²) in [6.07, 6.45) is 1.61. The van der Waals surface area contributed by atoms with Crippen LogP contribution < -0.4 is 10.7 Å². The molecule has 1 fully saturated rings. The van der Waals surface area contributed by atoms with Crippen LogP contribution in [0.25, 0.3) is 5.69 Å². The zero-order valence-electron chi connectivity index (χ0n) is 16.8. The molecule has 1 N–H and O–H groups in total. The molecule has 8 nitrogen and oxygen atoms in total. The second kappa shape index (κ2) is 9.45. The van der Waals surface area contributed by atoms with Gasteiger partial charge in [0.15, 0.2) is 5.69 Å². The second-order valence-corrected chi connectivity index (χ2v) is 7.02. The summed E-state index contributed by atoms with van der Waals surface area (Å²) >= 11 is 0. The summed E-state index contributed by atoms with van der Waals surface area (Å²) in [4.78, 5) is 40.6. The molecule has 158 valence electrons. The van der Waals surface area contributed by atoms with E-state index in [0.717, 1.165) is 0 Å². The first kappa shape index (κ1) is 21.4. The molecular formula is C21H24FN5O3. The molecule has 0 bridgehead atoms. The summed E-state index contributed by atoms with van der Waals surface area (Å²) in [5.74, 6) is -1.11. The number of carbonyl (C=O) groups excluding carboxylic acids is 2. The minimum atomic E-state index is -0.503. The lowest BCUT2D eigenvalue weighted by Crippen LogP contribution is -2.52. The molecule has 30 heavy (non-hydrogen) atoms. The number of nitrogens with one attached hydrogen (secondary N) is 1. The highest BCUT2D eigenvalue weighted by Crippen LogP contribution is 2.14. The third-order valence-corrected chi connectivity index (χ3v) is 4.86. The predicted octanol–water partition coefficient (Wildman–Crippen LogP) is 0.740. The lowest BCUT2D eigenvalue weighted by Gasteiger charge is -2.34. The molecule has 1 aliphatic rings. The van der Waals surface area contributed by atoms with Crippen LogP contribution >= 0.6 is 0 Å². The quantitative estimate of drug-likeness (QED) is 0.706. The number of benzene rings is 1. The van der Waals surface area contributed by atoms with Gasteiger partial charge in [-0.05, 0) is 19.1 Å². The van der Waals surface area contributed by atoms with Crippen LogP contribution in [0.2, 0.25) is 0 Å². The third-order valence-electron chi connectivity index (χ3n) is 4.86. The maximum absolute atomic E-state index is 14.2. The first-order valence-corrected chi connectivity index (χ1v) is 9.66. The van der Waals surface area contributed by atoms with Crippen LogP contribution in [0.3, 0.4) is 0 Å². The number of halogens is 1. The van der Waals surface area contributed by atoms with Gasteiger partial charge in [-0.3, -0.25) is 19.3 Å². The normalized spacial score (nSPS) is 14.4. The molecule has 0 aliphatic carbocycles. The van der Waals surface area contributed by atoms with Crippen molar-refractivity contribution in [2.45, 2.75) is 6.92 Å². The van der Waals surface area contributed by atoms with Crippen molar-refractivity contribution in [1.82, 2.24) is 24.9 Å². The number of amides is 2. The van der Waals surface area contributed by atoms with Crippen LogP contribution in [-0.4, -0.2) is 70.7 Å². The van der Waals surface area contributed by atoms with Crippen LogP contribution in [0, 0.1) is 12.7 Å². The van der Waals surface area contributed by atoms with Gasteiger partial charge < -0.3 is 10.2 Å². The van der Waals surface area contributed by atoms with Gasteiger partial charge in [0, 0.05) is 44.5 Å². The summed E-state index contributed by atoms with van der Waals surface area (Å²) in [6.45, 7) is 7.55. The largest absolute Gasteiger partial charge is 0.352 e. The maximum Gasteiger partial charge on any atom is 0.278 e. The Labute approximate surface area is 173 Å². The van der Waals surface area contributed by atoms with E-state index in [1.807, 2.05) is 4.90 Å². The first-order valence-electron chi connectivity index (χ1n) is 9.66. The van der Waals surface area contributed by atoms with E-state index in [9.17, 15) is 18.8 Å². The Bertz CT molecular complexity index is 1010. The highest BCUT2D eigenvalue weighted by Gasteiger charge is 2.26. The summed E-state index contributed by atoms with van der Waals surface area (Å²) in [5.41, 5.74) is -0.159. The number of para-hydroxylation sites is 1. The molecular weight excluding hydrogens is 389 g/mol. The molecule has 2 amide bonds. The fraction of sp³-hybridized carbons (Fsp3) is 0.333. The topological polar surface area (TPSA) is 87.5 Å². The minimum absolute atomic E-state index is 0.109. The predicted molar refractivity (Wildman–Crippen MR) is 110 cm³/mol. The molecule has 0 radical (unpaired) electrons. The van der Waals surface area contributed by atoms with Crippen molar-refractivity contribution in [3.63, 3.8) is 0 Å². The maximum atomic E-state index is 14.2. The molecule has 2 heterocycles.